The number of carbonyl (C=O) groups excluding carboxylic acids is 2. The summed E-state index contributed by atoms with van der Waals surface area (Å²) in [5.41, 5.74) is 2.36. The van der Waals surface area contributed by atoms with Gasteiger partial charge in [0.25, 0.3) is 11.8 Å². The highest BCUT2D eigenvalue weighted by Crippen LogP contribution is 2.30. The van der Waals surface area contributed by atoms with E-state index in [-0.39, 0.29) is 12.1 Å². The van der Waals surface area contributed by atoms with Gasteiger partial charge in [-0.2, -0.15) is 5.26 Å². The van der Waals surface area contributed by atoms with Crippen LogP contribution in [0.5, 0.6) is 17.2 Å². The number of rotatable bonds is 13. The van der Waals surface area contributed by atoms with Crippen LogP contribution in [0.25, 0.3) is 6.08 Å². The number of nitrogens with zero attached hydrogens (tertiary/aromatic N) is 2. The second kappa shape index (κ2) is 14.0. The van der Waals surface area contributed by atoms with E-state index in [2.05, 4.69) is 6.92 Å². The van der Waals surface area contributed by atoms with Gasteiger partial charge in [-0.1, -0.05) is 50.8 Å². The van der Waals surface area contributed by atoms with E-state index in [1.165, 1.54) is 19.3 Å². The van der Waals surface area contributed by atoms with Gasteiger partial charge in [0, 0.05) is 12.1 Å². The average molecular weight is 517 g/mol. The molecular formula is C31H36N2O5. The first-order chi connectivity index (χ1) is 18.4. The second-order valence-corrected chi connectivity index (χ2v) is 9.20. The molecule has 0 saturated carbocycles. The highest BCUT2D eigenvalue weighted by molar-refractivity contribution is 6.19. The van der Waals surface area contributed by atoms with E-state index in [4.69, 9.17) is 14.2 Å². The molecule has 200 valence electrons. The summed E-state index contributed by atoms with van der Waals surface area (Å²) in [5.74, 6) is 0.948. The molecule has 0 N–H and O–H groups in total. The van der Waals surface area contributed by atoms with Crippen molar-refractivity contribution < 1.29 is 23.8 Å². The summed E-state index contributed by atoms with van der Waals surface area (Å²) < 4.78 is 16.5. The lowest BCUT2D eigenvalue weighted by molar-refractivity contribution is -0.140. The monoisotopic (exact) mass is 516 g/mol. The summed E-state index contributed by atoms with van der Waals surface area (Å²) >= 11 is 0. The largest absolute Gasteiger partial charge is 0.494 e. The number of imide groups is 1. The van der Waals surface area contributed by atoms with Crippen molar-refractivity contribution in [2.75, 3.05) is 27.4 Å². The minimum Gasteiger partial charge on any atom is -0.494 e. The Morgan fingerprint density at radius 2 is 1.63 bits per heavy atom. The SMILES string of the molecule is CCCCCCCOc1ccc(/C=C2/C(=O)N(CCc3ccc(OC)c(OC)c3)C(=O)C(C#N)=C2C)cc1. The van der Waals surface area contributed by atoms with Crippen LogP contribution in [-0.2, 0) is 16.0 Å². The van der Waals surface area contributed by atoms with E-state index in [1.54, 1.807) is 33.3 Å². The van der Waals surface area contributed by atoms with Gasteiger partial charge in [-0.3, -0.25) is 14.5 Å². The molecule has 0 aliphatic carbocycles. The highest BCUT2D eigenvalue weighted by Gasteiger charge is 2.35. The second-order valence-electron chi connectivity index (χ2n) is 9.20. The van der Waals surface area contributed by atoms with Gasteiger partial charge >= 0.3 is 0 Å². The number of amides is 2. The Morgan fingerprint density at radius 1 is 0.921 bits per heavy atom. The summed E-state index contributed by atoms with van der Waals surface area (Å²) in [5, 5.41) is 9.68. The van der Waals surface area contributed by atoms with Gasteiger partial charge in [0.1, 0.15) is 17.4 Å². The van der Waals surface area contributed by atoms with Crippen molar-refractivity contribution in [3.63, 3.8) is 0 Å². The molecular weight excluding hydrogens is 480 g/mol. The van der Waals surface area contributed by atoms with E-state index >= 15 is 0 Å². The summed E-state index contributed by atoms with van der Waals surface area (Å²) in [6.07, 6.45) is 8.01. The number of unbranched alkanes of at least 4 members (excludes halogenated alkanes) is 4. The third kappa shape index (κ3) is 7.04. The van der Waals surface area contributed by atoms with Crippen LogP contribution in [0.15, 0.2) is 59.2 Å². The number of hydrogen-bond acceptors (Lipinski definition) is 6. The van der Waals surface area contributed by atoms with Crippen molar-refractivity contribution in [3.05, 3.63) is 70.3 Å². The van der Waals surface area contributed by atoms with Crippen LogP contribution in [0.2, 0.25) is 0 Å². The molecule has 0 bridgehead atoms. The maximum Gasteiger partial charge on any atom is 0.271 e. The molecule has 0 atom stereocenters. The maximum atomic E-state index is 13.4. The number of methoxy groups -OCH3 is 2. The third-order valence-corrected chi connectivity index (χ3v) is 6.61. The molecule has 0 saturated heterocycles. The van der Waals surface area contributed by atoms with E-state index in [1.807, 2.05) is 42.5 Å². The maximum absolute atomic E-state index is 13.4. The van der Waals surface area contributed by atoms with Gasteiger partial charge in [0.15, 0.2) is 11.5 Å². The number of nitriles is 1. The molecule has 0 unspecified atom stereocenters. The highest BCUT2D eigenvalue weighted by atomic mass is 16.5. The van der Waals surface area contributed by atoms with Gasteiger partial charge < -0.3 is 14.2 Å². The fourth-order valence-corrected chi connectivity index (χ4v) is 4.33. The van der Waals surface area contributed by atoms with E-state index in [0.717, 1.165) is 34.6 Å². The fraction of sp³-hybridized carbons (Fsp3) is 0.387. The number of benzene rings is 2. The van der Waals surface area contributed by atoms with Gasteiger partial charge in [0.05, 0.1) is 20.8 Å². The van der Waals surface area contributed by atoms with Crippen molar-refractivity contribution >= 4 is 17.9 Å². The topological polar surface area (TPSA) is 88.9 Å². The zero-order valence-corrected chi connectivity index (χ0v) is 22.7. The molecule has 1 aliphatic rings. The summed E-state index contributed by atoms with van der Waals surface area (Å²) in [6.45, 7) is 4.64. The van der Waals surface area contributed by atoms with Crippen LogP contribution >= 0.6 is 0 Å². The molecule has 1 aliphatic heterocycles. The first-order valence-corrected chi connectivity index (χ1v) is 13.1. The minimum atomic E-state index is -0.574. The Hall–Kier alpha value is -4.05. The predicted molar refractivity (Wildman–Crippen MR) is 147 cm³/mol. The van der Waals surface area contributed by atoms with Gasteiger partial charge in [-0.05, 0) is 66.8 Å². The van der Waals surface area contributed by atoms with Crippen molar-refractivity contribution in [1.29, 1.82) is 5.26 Å². The third-order valence-electron chi connectivity index (χ3n) is 6.61. The molecule has 2 aromatic rings. The first-order valence-electron chi connectivity index (χ1n) is 13.1. The molecule has 0 spiro atoms. The van der Waals surface area contributed by atoms with E-state index in [0.29, 0.717) is 35.7 Å². The standard InChI is InChI=1S/C31H36N2O5/c1-5-6-7-8-9-18-38-25-13-10-23(11-14-25)19-26-22(2)27(21-32)31(35)33(30(26)34)17-16-24-12-15-28(36-3)29(20-24)37-4/h10-15,19-20H,5-9,16-18H2,1-4H3/b26-19+. The van der Waals surface area contributed by atoms with Gasteiger partial charge in [-0.25, -0.2) is 0 Å². The van der Waals surface area contributed by atoms with Crippen LogP contribution in [-0.4, -0.2) is 44.1 Å². The molecule has 7 heteroatoms. The van der Waals surface area contributed by atoms with Crippen molar-refractivity contribution in [3.8, 4) is 23.3 Å². The minimum absolute atomic E-state index is 0.0220. The molecule has 2 amide bonds. The molecule has 0 radical (unpaired) electrons. The average Bonchev–Trinajstić information content (AvgIpc) is 2.93. The van der Waals surface area contributed by atoms with Crippen LogP contribution in [0.1, 0.15) is 57.1 Å². The van der Waals surface area contributed by atoms with Crippen LogP contribution in [0.4, 0.5) is 0 Å². The fourth-order valence-electron chi connectivity index (χ4n) is 4.33. The molecule has 2 aromatic carbocycles. The Labute approximate surface area is 225 Å². The lowest BCUT2D eigenvalue weighted by Crippen LogP contribution is -2.43. The quantitative estimate of drug-likeness (QED) is 0.187. The molecule has 3 rings (SSSR count). The zero-order chi connectivity index (χ0) is 27.5. The van der Waals surface area contributed by atoms with Crippen molar-refractivity contribution in [1.82, 2.24) is 4.90 Å². The number of carbonyl (C=O) groups is 2. The van der Waals surface area contributed by atoms with Crippen LogP contribution < -0.4 is 14.2 Å². The van der Waals surface area contributed by atoms with Gasteiger partial charge in [-0.15, -0.1) is 0 Å². The Kier molecular flexibility index (Phi) is 10.5. The lowest BCUT2D eigenvalue weighted by atomic mass is 9.93. The summed E-state index contributed by atoms with van der Waals surface area (Å²) in [4.78, 5) is 27.5. The molecule has 0 aromatic heterocycles. The summed E-state index contributed by atoms with van der Waals surface area (Å²) in [7, 11) is 3.11. The molecule has 7 nitrogen and oxygen atoms in total. The smallest absolute Gasteiger partial charge is 0.271 e. The molecule has 1 heterocycles. The summed E-state index contributed by atoms with van der Waals surface area (Å²) in [6, 6.07) is 14.9. The van der Waals surface area contributed by atoms with E-state index in [9.17, 15) is 14.9 Å². The number of ether oxygens (including phenoxy) is 3. The Balaban J connectivity index is 1.73. The van der Waals surface area contributed by atoms with Crippen molar-refractivity contribution in [2.45, 2.75) is 52.4 Å². The van der Waals surface area contributed by atoms with Crippen LogP contribution in [0.3, 0.4) is 0 Å². The molecule has 0 fully saturated rings. The Bertz CT molecular complexity index is 1240. The van der Waals surface area contributed by atoms with Crippen LogP contribution in [0, 0.1) is 11.3 Å². The number of hydrogen-bond donors (Lipinski definition) is 0. The van der Waals surface area contributed by atoms with Gasteiger partial charge in [0.2, 0.25) is 0 Å². The van der Waals surface area contributed by atoms with Crippen molar-refractivity contribution in [2.24, 2.45) is 0 Å². The lowest BCUT2D eigenvalue weighted by Gasteiger charge is -2.27. The zero-order valence-electron chi connectivity index (χ0n) is 22.7. The molecule has 38 heavy (non-hydrogen) atoms. The van der Waals surface area contributed by atoms with E-state index < -0.39 is 11.8 Å². The first kappa shape index (κ1) is 28.5. The predicted octanol–water partition coefficient (Wildman–Crippen LogP) is 5.89. The Morgan fingerprint density at radius 3 is 2.29 bits per heavy atom. The normalized spacial score (nSPS) is 14.6.